The van der Waals surface area contributed by atoms with Crippen molar-refractivity contribution in [3.63, 3.8) is 0 Å². The van der Waals surface area contributed by atoms with Crippen molar-refractivity contribution in [1.82, 2.24) is 25.2 Å². The lowest BCUT2D eigenvalue weighted by Gasteiger charge is -2.37. The van der Waals surface area contributed by atoms with Gasteiger partial charge in [-0.25, -0.2) is 8.78 Å². The van der Waals surface area contributed by atoms with Gasteiger partial charge in [0.1, 0.15) is 28.5 Å². The van der Waals surface area contributed by atoms with E-state index in [0.29, 0.717) is 36.5 Å². The van der Waals surface area contributed by atoms with Gasteiger partial charge in [-0.1, -0.05) is 0 Å². The Kier molecular flexibility index (Phi) is 7.18. The van der Waals surface area contributed by atoms with E-state index in [0.717, 1.165) is 62.1 Å². The third kappa shape index (κ3) is 4.68. The van der Waals surface area contributed by atoms with Crippen molar-refractivity contribution >= 4 is 43.1 Å². The number of hydrogen-bond donors (Lipinski definition) is 2. The van der Waals surface area contributed by atoms with Crippen molar-refractivity contribution in [2.24, 2.45) is 0 Å². The smallest absolute Gasteiger partial charge is 0.319 e. The summed E-state index contributed by atoms with van der Waals surface area (Å²) in [5.74, 6) is -0.616. The number of morpholine rings is 1. The molecule has 0 aliphatic carbocycles. The van der Waals surface area contributed by atoms with E-state index in [2.05, 4.69) is 26.2 Å². The lowest BCUT2D eigenvalue weighted by molar-refractivity contribution is 0.0207. The largest absolute Gasteiger partial charge is 0.459 e. The first-order chi connectivity index (χ1) is 21.9. The number of fused-ring (bicyclic) bond motifs is 6. The van der Waals surface area contributed by atoms with Crippen molar-refractivity contribution in [3.8, 4) is 23.3 Å². The van der Waals surface area contributed by atoms with Gasteiger partial charge >= 0.3 is 6.01 Å². The van der Waals surface area contributed by atoms with Gasteiger partial charge in [0.2, 0.25) is 0 Å². The molecule has 3 aromatic heterocycles. The molecule has 3 fully saturated rings. The highest BCUT2D eigenvalue weighted by Crippen LogP contribution is 2.47. The van der Waals surface area contributed by atoms with Gasteiger partial charge in [0.25, 0.3) is 0 Å². The van der Waals surface area contributed by atoms with Gasteiger partial charge in [-0.05, 0) is 30.9 Å². The van der Waals surface area contributed by atoms with Gasteiger partial charge in [0, 0.05) is 55.8 Å². The second kappa shape index (κ2) is 11.3. The molecule has 2 bridgehead atoms. The maximum atomic E-state index is 17.2. The van der Waals surface area contributed by atoms with Gasteiger partial charge < -0.3 is 30.2 Å². The number of piperazine rings is 1. The number of nitrogens with two attached hydrogens (primary N) is 1. The number of nitriles is 1. The highest BCUT2D eigenvalue weighted by atomic mass is 32.1. The molecule has 3 atom stereocenters. The molecule has 3 saturated heterocycles. The van der Waals surface area contributed by atoms with E-state index in [-0.39, 0.29) is 74.8 Å². The molecule has 4 aromatic rings. The Hall–Kier alpha value is -3.74. The second-order valence-corrected chi connectivity index (χ2v) is 13.1. The summed E-state index contributed by atoms with van der Waals surface area (Å²) in [6, 6.07) is 2.56. The van der Waals surface area contributed by atoms with Crippen molar-refractivity contribution in [1.29, 1.82) is 5.26 Å². The molecule has 4 aliphatic heterocycles. The fourth-order valence-electron chi connectivity index (χ4n) is 7.36. The summed E-state index contributed by atoms with van der Waals surface area (Å²) in [6.45, 7) is 7.53. The molecule has 0 saturated carbocycles. The molecule has 3 N–H and O–H groups in total. The predicted octanol–water partition coefficient (Wildman–Crippen LogP) is 3.71. The Balaban J connectivity index is 1.34. The minimum absolute atomic E-state index is 0.0749. The zero-order valence-corrected chi connectivity index (χ0v) is 25.6. The molecule has 7 heterocycles. The summed E-state index contributed by atoms with van der Waals surface area (Å²) in [4.78, 5) is 18.6. The van der Waals surface area contributed by atoms with Crippen LogP contribution in [0.15, 0.2) is 6.20 Å². The van der Waals surface area contributed by atoms with Gasteiger partial charge in [0.05, 0.1) is 54.0 Å². The van der Waals surface area contributed by atoms with Crippen LogP contribution in [0.5, 0.6) is 6.01 Å². The van der Waals surface area contributed by atoms with Crippen molar-refractivity contribution < 1.29 is 23.0 Å². The number of nitrogens with one attached hydrogen (secondary N) is 1. The summed E-state index contributed by atoms with van der Waals surface area (Å²) in [7, 11) is 0. The average molecular weight is 635 g/mol. The zero-order valence-electron chi connectivity index (χ0n) is 24.7. The van der Waals surface area contributed by atoms with E-state index >= 15 is 4.39 Å². The van der Waals surface area contributed by atoms with Gasteiger partial charge in [0.15, 0.2) is 11.6 Å². The average Bonchev–Trinajstić information content (AvgIpc) is 3.72. The number of nitrogen functional groups attached to an aromatic ring is 1. The van der Waals surface area contributed by atoms with Crippen LogP contribution in [-0.4, -0.2) is 84.0 Å². The van der Waals surface area contributed by atoms with Crippen LogP contribution in [0.3, 0.4) is 0 Å². The fraction of sp³-hybridized carbons (Fsp3) is 0.484. The number of nitrogens with zero attached hydrogens (tertiary/aromatic N) is 6. The number of pyridine rings is 1. The molecule has 3 unspecified atom stereocenters. The second-order valence-electron chi connectivity index (χ2n) is 12.1. The van der Waals surface area contributed by atoms with Crippen LogP contribution >= 0.6 is 11.3 Å². The molecular formula is C31H32F2N8O3S. The van der Waals surface area contributed by atoms with Gasteiger partial charge in [-0.2, -0.15) is 15.2 Å². The first kappa shape index (κ1) is 28.7. The van der Waals surface area contributed by atoms with Crippen LogP contribution in [0, 0.1) is 23.0 Å². The van der Waals surface area contributed by atoms with Crippen LogP contribution in [0.25, 0.3) is 32.2 Å². The minimum atomic E-state index is -0.639. The van der Waals surface area contributed by atoms with Crippen molar-refractivity contribution in [3.05, 3.63) is 34.5 Å². The number of anilines is 2. The molecule has 45 heavy (non-hydrogen) atoms. The standard InChI is InChI=1S/C31H32F2N8O3S/c1-15(12-40-4-6-42-7-5-40)44-31-38-27-24(30(39-31)41-16-2-3-17(41)10-36-9-16)20-14-43-13-19(20)22(25(27)33)26-23-18(8-34)29(35)45-28(23)21(32)11-37-26/h11,15-17,36H,2-7,9-10,12-14,35H2,1H3. The molecule has 14 heteroatoms. The predicted molar refractivity (Wildman–Crippen MR) is 165 cm³/mol. The Morgan fingerprint density at radius 3 is 2.64 bits per heavy atom. The number of halogens is 2. The minimum Gasteiger partial charge on any atom is -0.459 e. The molecule has 11 nitrogen and oxygen atoms in total. The Morgan fingerprint density at radius 1 is 1.13 bits per heavy atom. The molecule has 4 aliphatic rings. The van der Waals surface area contributed by atoms with Gasteiger partial charge in [-0.15, -0.1) is 11.3 Å². The summed E-state index contributed by atoms with van der Waals surface area (Å²) < 4.78 is 50.1. The molecule has 0 radical (unpaired) electrons. The van der Waals surface area contributed by atoms with Crippen LogP contribution in [0.1, 0.15) is 36.5 Å². The van der Waals surface area contributed by atoms with E-state index in [4.69, 9.17) is 29.9 Å². The molecular weight excluding hydrogens is 602 g/mol. The van der Waals surface area contributed by atoms with Crippen molar-refractivity contribution in [2.45, 2.75) is 51.2 Å². The summed E-state index contributed by atoms with van der Waals surface area (Å²) >= 11 is 0.950. The Labute approximate surface area is 261 Å². The number of rotatable bonds is 6. The lowest BCUT2D eigenvalue weighted by atomic mass is 9.93. The van der Waals surface area contributed by atoms with E-state index in [1.54, 1.807) is 0 Å². The summed E-state index contributed by atoms with van der Waals surface area (Å²) in [5.41, 5.74) is 7.91. The number of hydrogen-bond acceptors (Lipinski definition) is 12. The normalized spacial score (nSPS) is 22.2. The number of benzene rings is 1. The van der Waals surface area contributed by atoms with Crippen LogP contribution < -0.4 is 20.7 Å². The molecule has 0 amide bonds. The van der Waals surface area contributed by atoms with Crippen LogP contribution in [0.4, 0.5) is 19.6 Å². The van der Waals surface area contributed by atoms with E-state index < -0.39 is 11.6 Å². The molecule has 234 valence electrons. The summed E-state index contributed by atoms with van der Waals surface area (Å²) in [5, 5.41) is 14.4. The monoisotopic (exact) mass is 634 g/mol. The quantitative estimate of drug-likeness (QED) is 0.322. The Bertz CT molecular complexity index is 1860. The van der Waals surface area contributed by atoms with E-state index in [1.165, 1.54) is 0 Å². The first-order valence-corrected chi connectivity index (χ1v) is 16.1. The number of aromatic nitrogens is 3. The molecule has 1 aromatic carbocycles. The maximum Gasteiger partial charge on any atom is 0.319 e. The highest BCUT2D eigenvalue weighted by Gasteiger charge is 2.40. The Morgan fingerprint density at radius 2 is 1.89 bits per heavy atom. The van der Waals surface area contributed by atoms with E-state index in [1.807, 2.05) is 6.92 Å². The maximum absolute atomic E-state index is 17.2. The molecule has 8 rings (SSSR count). The summed E-state index contributed by atoms with van der Waals surface area (Å²) in [6.07, 6.45) is 2.78. The van der Waals surface area contributed by atoms with Crippen LogP contribution in [-0.2, 0) is 22.7 Å². The number of ether oxygens (including phenoxy) is 3. The first-order valence-electron chi connectivity index (χ1n) is 15.3. The third-order valence-electron chi connectivity index (χ3n) is 9.35. The highest BCUT2D eigenvalue weighted by molar-refractivity contribution is 7.23. The fourth-order valence-corrected chi connectivity index (χ4v) is 8.28. The zero-order chi connectivity index (χ0) is 30.8. The SMILES string of the molecule is CC(CN1CCOCC1)Oc1nc(N2C3CCC2CNC3)c2c3c(c(-c4ncc(F)c5sc(N)c(C#N)c45)c(F)c2n1)COC3. The van der Waals surface area contributed by atoms with Gasteiger partial charge in [-0.3, -0.25) is 9.88 Å². The van der Waals surface area contributed by atoms with Crippen LogP contribution in [0.2, 0.25) is 0 Å². The third-order valence-corrected chi connectivity index (χ3v) is 10.4. The molecule has 0 spiro atoms. The topological polar surface area (TPSA) is 135 Å². The number of thiophene rings is 1. The van der Waals surface area contributed by atoms with E-state index in [9.17, 15) is 9.65 Å². The lowest BCUT2D eigenvalue weighted by Crippen LogP contribution is -2.52. The van der Waals surface area contributed by atoms with Crippen molar-refractivity contribution in [2.75, 3.05) is 56.6 Å².